The number of hydrogen-bond donors (Lipinski definition) is 2. The van der Waals surface area contributed by atoms with E-state index in [2.05, 4.69) is 9.44 Å². The minimum Gasteiger partial charge on any atom is -0.207 e. The summed E-state index contributed by atoms with van der Waals surface area (Å²) < 4.78 is 60.3. The van der Waals surface area contributed by atoms with Gasteiger partial charge in [-0.3, -0.25) is 0 Å². The van der Waals surface area contributed by atoms with Gasteiger partial charge in [0.1, 0.15) is 0 Å². The van der Waals surface area contributed by atoms with E-state index in [0.29, 0.717) is 0 Å². The lowest BCUT2D eigenvalue weighted by Crippen LogP contribution is -2.37. The molecular formula is C33H32N2O4S2. The molecule has 4 aromatic carbocycles. The van der Waals surface area contributed by atoms with Crippen LogP contribution in [-0.4, -0.2) is 16.8 Å². The highest BCUT2D eigenvalue weighted by Crippen LogP contribution is 2.40. The molecule has 210 valence electrons. The minimum absolute atomic E-state index is 0.159. The second-order valence-electron chi connectivity index (χ2n) is 10.2. The first-order chi connectivity index (χ1) is 19.6. The smallest absolute Gasteiger partial charge is 0.207 e. The second kappa shape index (κ2) is 12.0. The normalized spacial score (nSPS) is 16.7. The van der Waals surface area contributed by atoms with Gasteiger partial charge in [0.05, 0.1) is 21.9 Å². The molecule has 6 nitrogen and oxygen atoms in total. The van der Waals surface area contributed by atoms with Crippen LogP contribution >= 0.6 is 0 Å². The van der Waals surface area contributed by atoms with Crippen LogP contribution in [0.15, 0.2) is 143 Å². The lowest BCUT2D eigenvalue weighted by atomic mass is 9.84. The Morgan fingerprint density at radius 3 is 1.56 bits per heavy atom. The summed E-state index contributed by atoms with van der Waals surface area (Å²) >= 11 is 0. The number of benzene rings is 4. The van der Waals surface area contributed by atoms with Crippen molar-refractivity contribution in [1.29, 1.82) is 0 Å². The fourth-order valence-corrected chi connectivity index (χ4v) is 7.44. The molecule has 0 heterocycles. The van der Waals surface area contributed by atoms with Crippen molar-refractivity contribution in [2.75, 3.05) is 0 Å². The van der Waals surface area contributed by atoms with Crippen molar-refractivity contribution in [3.63, 3.8) is 0 Å². The van der Waals surface area contributed by atoms with Crippen molar-refractivity contribution in [2.24, 2.45) is 5.92 Å². The molecule has 0 aromatic heterocycles. The fourth-order valence-electron chi connectivity index (χ4n) is 4.98. The first kappa shape index (κ1) is 28.7. The van der Waals surface area contributed by atoms with E-state index < -0.39 is 38.0 Å². The van der Waals surface area contributed by atoms with Crippen LogP contribution in [-0.2, 0) is 20.0 Å². The summed E-state index contributed by atoms with van der Waals surface area (Å²) in [7, 11) is -7.82. The topological polar surface area (TPSA) is 92.3 Å². The maximum absolute atomic E-state index is 13.6. The monoisotopic (exact) mass is 584 g/mol. The second-order valence-corrected chi connectivity index (χ2v) is 13.6. The Kier molecular flexibility index (Phi) is 8.37. The van der Waals surface area contributed by atoms with Gasteiger partial charge >= 0.3 is 0 Å². The summed E-state index contributed by atoms with van der Waals surface area (Å²) in [5.41, 5.74) is 4.15. The standard InChI is InChI=1S/C33H32N2O4S2/c1-24-16-20-28(21-17-24)40(36,37)34-32(26-10-5-3-6-11-26)30-14-9-15-31(30)33(27-12-7-4-8-13-27)35-41(38,39)29-22-18-25(2)19-23-29/h3-23,30,32-35H,1-2H3/t30?,32-,33+/m0/s1. The predicted octanol–water partition coefficient (Wildman–Crippen LogP) is 6.16. The van der Waals surface area contributed by atoms with Crippen molar-refractivity contribution in [1.82, 2.24) is 9.44 Å². The fraction of sp³-hybridized carbons (Fsp3) is 0.152. The number of hydrogen-bond acceptors (Lipinski definition) is 4. The van der Waals surface area contributed by atoms with E-state index in [1.54, 1.807) is 48.5 Å². The van der Waals surface area contributed by atoms with Crippen molar-refractivity contribution in [3.8, 4) is 0 Å². The average molecular weight is 585 g/mol. The van der Waals surface area contributed by atoms with Crippen molar-refractivity contribution in [2.45, 2.75) is 35.7 Å². The maximum atomic E-state index is 13.6. The van der Waals surface area contributed by atoms with E-state index in [0.717, 1.165) is 27.8 Å². The van der Waals surface area contributed by atoms with Gasteiger partial charge in [0.15, 0.2) is 0 Å². The van der Waals surface area contributed by atoms with Gasteiger partial charge in [-0.15, -0.1) is 0 Å². The van der Waals surface area contributed by atoms with Gasteiger partial charge in [-0.05, 0) is 54.8 Å². The van der Waals surface area contributed by atoms with Crippen LogP contribution in [0.5, 0.6) is 0 Å². The molecule has 1 aliphatic rings. The van der Waals surface area contributed by atoms with E-state index in [1.807, 2.05) is 92.7 Å². The summed E-state index contributed by atoms with van der Waals surface area (Å²) in [6.07, 6.45) is 5.64. The first-order valence-electron chi connectivity index (χ1n) is 13.3. The average Bonchev–Trinajstić information content (AvgIpc) is 3.45. The van der Waals surface area contributed by atoms with Crippen LogP contribution in [0.2, 0.25) is 0 Å². The van der Waals surface area contributed by atoms with Crippen LogP contribution < -0.4 is 9.44 Å². The zero-order valence-electron chi connectivity index (χ0n) is 22.8. The molecule has 5 rings (SSSR count). The molecule has 3 atom stereocenters. The Morgan fingerprint density at radius 1 is 0.585 bits per heavy atom. The molecule has 0 spiro atoms. The van der Waals surface area contributed by atoms with Crippen LogP contribution in [0.4, 0.5) is 0 Å². The molecule has 41 heavy (non-hydrogen) atoms. The third-order valence-corrected chi connectivity index (χ3v) is 10.1. The molecular weight excluding hydrogens is 553 g/mol. The van der Waals surface area contributed by atoms with E-state index >= 15 is 0 Å². The van der Waals surface area contributed by atoms with Crippen LogP contribution in [0.3, 0.4) is 0 Å². The van der Waals surface area contributed by atoms with Gasteiger partial charge in [-0.25, -0.2) is 21.6 Å². The molecule has 4 aromatic rings. The quantitative estimate of drug-likeness (QED) is 0.234. The highest BCUT2D eigenvalue weighted by molar-refractivity contribution is 7.89. The van der Waals surface area contributed by atoms with Crippen LogP contribution in [0, 0.1) is 19.8 Å². The molecule has 1 aliphatic carbocycles. The lowest BCUT2D eigenvalue weighted by molar-refractivity contribution is 0.488. The number of aryl methyl sites for hydroxylation is 2. The number of nitrogens with one attached hydrogen (secondary N) is 2. The number of allylic oxidation sites excluding steroid dienone is 2. The Morgan fingerprint density at radius 2 is 1.05 bits per heavy atom. The predicted molar refractivity (Wildman–Crippen MR) is 162 cm³/mol. The van der Waals surface area contributed by atoms with Gasteiger partial charge in [0, 0.05) is 5.92 Å². The van der Waals surface area contributed by atoms with Crippen molar-refractivity contribution < 1.29 is 16.8 Å². The summed E-state index contributed by atoms with van der Waals surface area (Å²) in [5, 5.41) is 0. The number of sulfonamides is 2. The molecule has 2 N–H and O–H groups in total. The summed E-state index contributed by atoms with van der Waals surface area (Å²) in [5.74, 6) is -0.469. The van der Waals surface area contributed by atoms with Crippen molar-refractivity contribution >= 4 is 20.0 Å². The first-order valence-corrected chi connectivity index (χ1v) is 16.3. The third-order valence-electron chi connectivity index (χ3n) is 7.19. The lowest BCUT2D eigenvalue weighted by Gasteiger charge is -2.31. The van der Waals surface area contributed by atoms with Crippen molar-refractivity contribution in [3.05, 3.63) is 155 Å². The summed E-state index contributed by atoms with van der Waals surface area (Å²) in [4.78, 5) is 0.322. The van der Waals surface area contributed by atoms with E-state index in [-0.39, 0.29) is 9.79 Å². The molecule has 1 unspecified atom stereocenters. The molecule has 0 amide bonds. The van der Waals surface area contributed by atoms with Gasteiger partial charge in [-0.1, -0.05) is 114 Å². The van der Waals surface area contributed by atoms with Gasteiger partial charge in [-0.2, -0.15) is 4.72 Å². The Hall–Kier alpha value is -3.82. The number of rotatable bonds is 10. The zero-order valence-corrected chi connectivity index (χ0v) is 24.4. The molecule has 0 fully saturated rings. The highest BCUT2D eigenvalue weighted by atomic mass is 32.2. The molecule has 0 saturated heterocycles. The van der Waals surface area contributed by atoms with E-state index in [1.165, 1.54) is 0 Å². The summed E-state index contributed by atoms with van der Waals surface area (Å²) in [6, 6.07) is 30.6. The largest absolute Gasteiger partial charge is 0.241 e. The maximum Gasteiger partial charge on any atom is 0.241 e. The molecule has 0 bridgehead atoms. The van der Waals surface area contributed by atoms with Gasteiger partial charge < -0.3 is 0 Å². The van der Waals surface area contributed by atoms with Gasteiger partial charge in [0.2, 0.25) is 20.0 Å². The third kappa shape index (κ3) is 6.57. The Labute approximate surface area is 242 Å². The Balaban J connectivity index is 1.55. The van der Waals surface area contributed by atoms with Gasteiger partial charge in [0.25, 0.3) is 0 Å². The SMILES string of the molecule is Cc1ccc(S(=O)(=O)N[C@@H](C2=CC=CC2[C@@H](NS(=O)(=O)c2ccc(C)cc2)c2ccccc2)c2ccccc2)cc1. The molecule has 0 radical (unpaired) electrons. The summed E-state index contributed by atoms with van der Waals surface area (Å²) in [6.45, 7) is 3.80. The molecule has 8 heteroatoms. The Bertz CT molecular complexity index is 1770. The van der Waals surface area contributed by atoms with Crippen LogP contribution in [0.1, 0.15) is 34.3 Å². The van der Waals surface area contributed by atoms with Crippen LogP contribution in [0.25, 0.3) is 0 Å². The highest BCUT2D eigenvalue weighted by Gasteiger charge is 2.36. The zero-order chi connectivity index (χ0) is 29.0. The van der Waals surface area contributed by atoms with E-state index in [9.17, 15) is 16.8 Å². The molecule has 0 aliphatic heterocycles. The minimum atomic E-state index is -3.92. The molecule has 0 saturated carbocycles. The van der Waals surface area contributed by atoms with E-state index in [4.69, 9.17) is 0 Å².